The van der Waals surface area contributed by atoms with Gasteiger partial charge >= 0.3 is 5.97 Å². The van der Waals surface area contributed by atoms with Crippen molar-refractivity contribution in [3.63, 3.8) is 0 Å². The third kappa shape index (κ3) is 4.66. The van der Waals surface area contributed by atoms with Crippen LogP contribution >= 0.6 is 11.8 Å². The van der Waals surface area contributed by atoms with E-state index in [0.717, 1.165) is 24.7 Å². The number of thioether (sulfide) groups is 1. The maximum atomic E-state index is 12.0. The molecule has 4 atom stereocenters. The Balaban J connectivity index is 1.68. The minimum Gasteiger partial charge on any atom is -0.465 e. The van der Waals surface area contributed by atoms with Gasteiger partial charge in [-0.2, -0.15) is 11.8 Å². The zero-order valence-electron chi connectivity index (χ0n) is 15.4. The summed E-state index contributed by atoms with van der Waals surface area (Å²) < 4.78 is 5.62. The van der Waals surface area contributed by atoms with E-state index in [-0.39, 0.29) is 5.97 Å². The van der Waals surface area contributed by atoms with Crippen molar-refractivity contribution >= 4 is 17.7 Å². The van der Waals surface area contributed by atoms with Crippen LogP contribution in [0.4, 0.5) is 0 Å². The Labute approximate surface area is 146 Å². The molecular formula is C19H35NO2S. The maximum absolute atomic E-state index is 12.0. The fourth-order valence-electron chi connectivity index (χ4n) is 4.36. The molecule has 0 aliphatic heterocycles. The first-order valence-electron chi connectivity index (χ1n) is 9.34. The summed E-state index contributed by atoms with van der Waals surface area (Å²) in [7, 11) is 0. The lowest BCUT2D eigenvalue weighted by Crippen LogP contribution is -2.39. The number of unbranched alkanes of at least 4 members (excludes halogenated alkanes) is 3. The normalized spacial score (nSPS) is 32.9. The zero-order valence-corrected chi connectivity index (χ0v) is 16.2. The predicted octanol–water partition coefficient (Wildman–Crippen LogP) is 4.39. The second kappa shape index (κ2) is 7.77. The number of carbonyl (C=O) groups is 1. The Morgan fingerprint density at radius 1 is 1.22 bits per heavy atom. The van der Waals surface area contributed by atoms with Crippen molar-refractivity contribution in [3.8, 4) is 0 Å². The molecule has 3 nitrogen and oxygen atoms in total. The molecule has 0 heterocycles. The second-order valence-corrected chi connectivity index (χ2v) is 10.0. The summed E-state index contributed by atoms with van der Waals surface area (Å²) in [4.78, 5) is 12.0. The predicted molar refractivity (Wildman–Crippen MR) is 98.6 cm³/mol. The Morgan fingerprint density at radius 2 is 1.96 bits per heavy atom. The van der Waals surface area contributed by atoms with Gasteiger partial charge in [0.1, 0.15) is 6.04 Å². The van der Waals surface area contributed by atoms with E-state index in [4.69, 9.17) is 10.5 Å². The van der Waals surface area contributed by atoms with Crippen LogP contribution in [0.3, 0.4) is 0 Å². The largest absolute Gasteiger partial charge is 0.465 e. The van der Waals surface area contributed by atoms with Gasteiger partial charge in [-0.05, 0) is 42.9 Å². The molecule has 0 spiro atoms. The lowest BCUT2D eigenvalue weighted by atomic mass is 9.73. The third-order valence-electron chi connectivity index (χ3n) is 6.10. The van der Waals surface area contributed by atoms with Gasteiger partial charge in [-0.15, -0.1) is 0 Å². The maximum Gasteiger partial charge on any atom is 0.323 e. The minimum absolute atomic E-state index is 0.221. The summed E-state index contributed by atoms with van der Waals surface area (Å²) in [5, 5.41) is 0. The molecular weight excluding hydrogens is 306 g/mol. The number of fused-ring (bicyclic) bond motifs is 2. The van der Waals surface area contributed by atoms with Gasteiger partial charge in [-0.25, -0.2) is 0 Å². The molecule has 4 heteroatoms. The van der Waals surface area contributed by atoms with Crippen LogP contribution in [0.25, 0.3) is 0 Å². The summed E-state index contributed by atoms with van der Waals surface area (Å²) in [5.74, 6) is 2.09. The number of hydrogen-bond acceptors (Lipinski definition) is 4. The number of rotatable bonds is 9. The molecule has 0 saturated heterocycles. The van der Waals surface area contributed by atoms with Crippen molar-refractivity contribution < 1.29 is 9.53 Å². The van der Waals surface area contributed by atoms with Gasteiger partial charge in [0.05, 0.1) is 6.61 Å². The molecule has 2 saturated carbocycles. The van der Waals surface area contributed by atoms with Crippen molar-refractivity contribution in [1.82, 2.24) is 0 Å². The SMILES string of the molecule is CCCCCCOC(=O)[C@@H](N)CSC1(C)CC2CC1CC2(C)C. The van der Waals surface area contributed by atoms with Gasteiger partial charge in [0, 0.05) is 10.5 Å². The molecule has 2 N–H and O–H groups in total. The monoisotopic (exact) mass is 341 g/mol. The number of ether oxygens (including phenoxy) is 1. The van der Waals surface area contributed by atoms with Crippen molar-refractivity contribution in [2.45, 2.75) is 83.4 Å². The average molecular weight is 342 g/mol. The minimum atomic E-state index is -0.477. The molecule has 0 amide bonds. The van der Waals surface area contributed by atoms with E-state index < -0.39 is 6.04 Å². The van der Waals surface area contributed by atoms with Gasteiger partial charge in [-0.1, -0.05) is 47.0 Å². The fourth-order valence-corrected chi connectivity index (χ4v) is 5.79. The molecule has 2 aliphatic carbocycles. The van der Waals surface area contributed by atoms with Crippen LogP contribution in [0, 0.1) is 17.3 Å². The first-order chi connectivity index (χ1) is 10.8. The summed E-state index contributed by atoms with van der Waals surface area (Å²) in [5.41, 5.74) is 6.56. The lowest BCUT2D eigenvalue weighted by Gasteiger charge is -2.40. The summed E-state index contributed by atoms with van der Waals surface area (Å²) >= 11 is 1.91. The number of hydrogen-bond donors (Lipinski definition) is 1. The molecule has 0 radical (unpaired) electrons. The second-order valence-electron chi connectivity index (χ2n) is 8.48. The Bertz CT molecular complexity index is 412. The first kappa shape index (κ1) is 19.1. The van der Waals surface area contributed by atoms with E-state index in [1.54, 1.807) is 0 Å². The van der Waals surface area contributed by atoms with E-state index in [2.05, 4.69) is 27.7 Å². The Morgan fingerprint density at radius 3 is 2.52 bits per heavy atom. The molecule has 23 heavy (non-hydrogen) atoms. The number of nitrogens with two attached hydrogens (primary N) is 1. The number of carbonyl (C=O) groups excluding carboxylic acids is 1. The summed E-state index contributed by atoms with van der Waals surface area (Å²) in [6, 6.07) is -0.477. The van der Waals surface area contributed by atoms with E-state index in [1.165, 1.54) is 32.1 Å². The van der Waals surface area contributed by atoms with Crippen molar-refractivity contribution in [3.05, 3.63) is 0 Å². The van der Waals surface area contributed by atoms with Crippen LogP contribution < -0.4 is 5.73 Å². The highest BCUT2D eigenvalue weighted by Gasteiger charge is 2.55. The van der Waals surface area contributed by atoms with E-state index >= 15 is 0 Å². The van der Waals surface area contributed by atoms with Crippen LogP contribution in [0.15, 0.2) is 0 Å². The van der Waals surface area contributed by atoms with E-state index in [1.807, 2.05) is 11.8 Å². The molecule has 3 unspecified atom stereocenters. The number of esters is 1. The van der Waals surface area contributed by atoms with Crippen molar-refractivity contribution in [2.75, 3.05) is 12.4 Å². The molecule has 2 fully saturated rings. The fraction of sp³-hybridized carbons (Fsp3) is 0.947. The van der Waals surface area contributed by atoms with Gasteiger partial charge in [0.2, 0.25) is 0 Å². The van der Waals surface area contributed by atoms with Gasteiger partial charge in [0.15, 0.2) is 0 Å². The van der Waals surface area contributed by atoms with Crippen molar-refractivity contribution in [1.29, 1.82) is 0 Å². The lowest BCUT2D eigenvalue weighted by molar-refractivity contribution is -0.144. The highest BCUT2D eigenvalue weighted by molar-refractivity contribution is 8.00. The van der Waals surface area contributed by atoms with Crippen LogP contribution in [0.1, 0.15) is 72.6 Å². The van der Waals surface area contributed by atoms with Crippen LogP contribution in [0.5, 0.6) is 0 Å². The summed E-state index contributed by atoms with van der Waals surface area (Å²) in [6.45, 7) is 9.89. The van der Waals surface area contributed by atoms with Gasteiger partial charge < -0.3 is 10.5 Å². The smallest absolute Gasteiger partial charge is 0.323 e. The highest BCUT2D eigenvalue weighted by Crippen LogP contribution is 2.63. The standard InChI is InChI=1S/C19H35NO2S/c1-5-6-7-8-9-22-17(21)16(20)13-23-19(4)12-14-10-15(19)11-18(14,2)3/h14-16H,5-13,20H2,1-4H3/t14?,15?,16-,19?/m0/s1. The van der Waals surface area contributed by atoms with Crippen molar-refractivity contribution in [2.24, 2.45) is 23.0 Å². The first-order valence-corrected chi connectivity index (χ1v) is 10.3. The molecule has 0 aromatic carbocycles. The van der Waals surface area contributed by atoms with Crippen LogP contribution in [-0.2, 0) is 9.53 Å². The molecule has 0 aromatic rings. The van der Waals surface area contributed by atoms with E-state index in [9.17, 15) is 4.79 Å². The molecule has 2 rings (SSSR count). The quantitative estimate of drug-likeness (QED) is 0.499. The molecule has 134 valence electrons. The molecule has 2 aliphatic rings. The highest BCUT2D eigenvalue weighted by atomic mass is 32.2. The Kier molecular flexibility index (Phi) is 6.46. The summed E-state index contributed by atoms with van der Waals surface area (Å²) in [6.07, 6.45) is 8.43. The molecule has 2 bridgehead atoms. The van der Waals surface area contributed by atoms with Gasteiger partial charge in [0.25, 0.3) is 0 Å². The van der Waals surface area contributed by atoms with Crippen LogP contribution in [0.2, 0.25) is 0 Å². The van der Waals surface area contributed by atoms with Crippen LogP contribution in [-0.4, -0.2) is 29.1 Å². The van der Waals surface area contributed by atoms with E-state index in [0.29, 0.717) is 22.5 Å². The topological polar surface area (TPSA) is 52.3 Å². The zero-order chi connectivity index (χ0) is 17.1. The van der Waals surface area contributed by atoms with Gasteiger partial charge in [-0.3, -0.25) is 4.79 Å². The Hall–Kier alpha value is -0.220. The third-order valence-corrected chi connectivity index (χ3v) is 7.78. The average Bonchev–Trinajstić information content (AvgIpc) is 2.97. The molecule has 0 aromatic heterocycles.